The highest BCUT2D eigenvalue weighted by Crippen LogP contribution is 2.22. The topological polar surface area (TPSA) is 103 Å². The minimum atomic E-state index is -0.643. The molecule has 0 radical (unpaired) electrons. The predicted molar refractivity (Wildman–Crippen MR) is 84.7 cm³/mol. The number of nitrogens with one attached hydrogen (secondary N) is 2. The minimum Gasteiger partial charge on any atom is -0.355 e. The highest BCUT2D eigenvalue weighted by atomic mass is 16.2. The van der Waals surface area contributed by atoms with Gasteiger partial charge in [-0.1, -0.05) is 0 Å². The number of piperazine rings is 2. The van der Waals surface area contributed by atoms with Gasteiger partial charge in [0.25, 0.3) is 5.91 Å². The summed E-state index contributed by atoms with van der Waals surface area (Å²) in [6.45, 7) is 5.82. The van der Waals surface area contributed by atoms with Crippen LogP contribution in [0.5, 0.6) is 0 Å². The molecule has 2 fully saturated rings. The summed E-state index contributed by atoms with van der Waals surface area (Å²) in [5, 5.41) is 2.55. The average molecular weight is 332 g/mol. The Balaban J connectivity index is 1.86. The van der Waals surface area contributed by atoms with Crippen molar-refractivity contribution in [2.45, 2.75) is 26.8 Å². The fourth-order valence-corrected chi connectivity index (χ4v) is 3.45. The third-order valence-electron chi connectivity index (χ3n) is 4.71. The Kier molecular flexibility index (Phi) is 3.90. The molecule has 1 aromatic rings. The number of carbonyl (C=O) groups is 4. The van der Waals surface area contributed by atoms with E-state index in [1.807, 2.05) is 0 Å². The second-order valence-electron chi connectivity index (χ2n) is 6.25. The van der Waals surface area contributed by atoms with Gasteiger partial charge in [0.15, 0.2) is 5.78 Å². The van der Waals surface area contributed by atoms with E-state index in [1.165, 1.54) is 11.8 Å². The first kappa shape index (κ1) is 16.2. The molecule has 2 N–H and O–H groups in total. The number of aromatic nitrogens is 1. The number of aryl methyl sites for hydroxylation is 1. The SMILES string of the molecule is CC(=O)c1[nH]c(C)c(C(=O)N2CCN3C(=O)CNC(=O)C3C2)c1C. The van der Waals surface area contributed by atoms with Crippen molar-refractivity contribution in [1.82, 2.24) is 20.1 Å². The standard InChI is InChI=1S/C16H20N4O4/c1-8-13(9(2)18-14(8)10(3)21)16(24)19-4-5-20-11(7-19)15(23)17-6-12(20)22/h11,18H,4-7H2,1-3H3,(H,17,23). The second kappa shape index (κ2) is 5.77. The normalized spacial score (nSPS) is 20.7. The maximum absolute atomic E-state index is 12.9. The molecule has 3 amide bonds. The third-order valence-corrected chi connectivity index (χ3v) is 4.71. The summed E-state index contributed by atoms with van der Waals surface area (Å²) in [6, 6.07) is -0.643. The van der Waals surface area contributed by atoms with Crippen molar-refractivity contribution in [3.05, 3.63) is 22.5 Å². The molecule has 24 heavy (non-hydrogen) atoms. The number of carbonyl (C=O) groups excluding carboxylic acids is 4. The van der Waals surface area contributed by atoms with Crippen LogP contribution in [-0.4, -0.2) is 70.5 Å². The highest BCUT2D eigenvalue weighted by Gasteiger charge is 2.40. The van der Waals surface area contributed by atoms with Gasteiger partial charge < -0.3 is 20.1 Å². The summed E-state index contributed by atoms with van der Waals surface area (Å²) < 4.78 is 0. The quantitative estimate of drug-likeness (QED) is 0.721. The van der Waals surface area contributed by atoms with Crippen molar-refractivity contribution >= 4 is 23.5 Å². The molecule has 1 aromatic heterocycles. The van der Waals surface area contributed by atoms with Crippen LogP contribution in [0.4, 0.5) is 0 Å². The molecule has 0 aromatic carbocycles. The van der Waals surface area contributed by atoms with Crippen molar-refractivity contribution in [2.75, 3.05) is 26.2 Å². The van der Waals surface area contributed by atoms with E-state index in [2.05, 4.69) is 10.3 Å². The lowest BCUT2D eigenvalue weighted by Gasteiger charge is -2.42. The zero-order valence-electron chi connectivity index (χ0n) is 13.9. The Bertz CT molecular complexity index is 752. The second-order valence-corrected chi connectivity index (χ2v) is 6.25. The van der Waals surface area contributed by atoms with Gasteiger partial charge in [-0.25, -0.2) is 0 Å². The van der Waals surface area contributed by atoms with E-state index in [9.17, 15) is 19.2 Å². The smallest absolute Gasteiger partial charge is 0.256 e. The molecule has 0 aliphatic carbocycles. The van der Waals surface area contributed by atoms with Crippen LogP contribution in [-0.2, 0) is 9.59 Å². The van der Waals surface area contributed by atoms with Crippen LogP contribution >= 0.6 is 0 Å². The summed E-state index contributed by atoms with van der Waals surface area (Å²) in [5.74, 6) is -0.713. The number of Topliss-reactive ketones (excluding diaryl/α,β-unsaturated/α-hetero) is 1. The molecular weight excluding hydrogens is 312 g/mol. The van der Waals surface area contributed by atoms with Gasteiger partial charge in [0, 0.05) is 25.7 Å². The zero-order chi connectivity index (χ0) is 17.6. The first-order chi connectivity index (χ1) is 11.3. The van der Waals surface area contributed by atoms with Crippen molar-refractivity contribution < 1.29 is 19.2 Å². The van der Waals surface area contributed by atoms with Crippen LogP contribution in [0.1, 0.15) is 39.0 Å². The Morgan fingerprint density at radius 2 is 1.88 bits per heavy atom. The fraction of sp³-hybridized carbons (Fsp3) is 0.500. The van der Waals surface area contributed by atoms with Gasteiger partial charge in [0.05, 0.1) is 24.3 Å². The Labute approximate surface area is 139 Å². The number of hydrogen-bond acceptors (Lipinski definition) is 4. The molecule has 0 spiro atoms. The van der Waals surface area contributed by atoms with Crippen molar-refractivity contribution in [2.24, 2.45) is 0 Å². The van der Waals surface area contributed by atoms with Crippen LogP contribution in [0.2, 0.25) is 0 Å². The maximum Gasteiger partial charge on any atom is 0.256 e. The highest BCUT2D eigenvalue weighted by molar-refractivity contribution is 6.03. The van der Waals surface area contributed by atoms with E-state index >= 15 is 0 Å². The molecule has 0 bridgehead atoms. The number of nitrogens with zero attached hydrogens (tertiary/aromatic N) is 2. The van der Waals surface area contributed by atoms with Gasteiger partial charge in [-0.2, -0.15) is 0 Å². The molecule has 2 saturated heterocycles. The summed E-state index contributed by atoms with van der Waals surface area (Å²) in [6.07, 6.45) is 0. The fourth-order valence-electron chi connectivity index (χ4n) is 3.45. The molecule has 3 rings (SSSR count). The molecular formula is C16H20N4O4. The lowest BCUT2D eigenvalue weighted by Crippen LogP contribution is -2.66. The summed E-state index contributed by atoms with van der Waals surface area (Å²) >= 11 is 0. The lowest BCUT2D eigenvalue weighted by molar-refractivity contribution is -0.148. The maximum atomic E-state index is 12.9. The summed E-state index contributed by atoms with van der Waals surface area (Å²) in [5.41, 5.74) is 2.15. The average Bonchev–Trinajstić information content (AvgIpc) is 2.85. The first-order valence-electron chi connectivity index (χ1n) is 7.87. The molecule has 8 heteroatoms. The van der Waals surface area contributed by atoms with Crippen LogP contribution in [0.3, 0.4) is 0 Å². The van der Waals surface area contributed by atoms with Gasteiger partial charge >= 0.3 is 0 Å². The van der Waals surface area contributed by atoms with Crippen molar-refractivity contribution in [3.8, 4) is 0 Å². The van der Waals surface area contributed by atoms with Gasteiger partial charge in [-0.3, -0.25) is 19.2 Å². The number of H-pyrrole nitrogens is 1. The largest absolute Gasteiger partial charge is 0.355 e. The van der Waals surface area contributed by atoms with Gasteiger partial charge in [0.1, 0.15) is 6.04 Å². The van der Waals surface area contributed by atoms with Crippen molar-refractivity contribution in [1.29, 1.82) is 0 Å². The number of fused-ring (bicyclic) bond motifs is 1. The van der Waals surface area contributed by atoms with Crippen LogP contribution in [0.25, 0.3) is 0 Å². The first-order valence-corrected chi connectivity index (χ1v) is 7.87. The molecule has 128 valence electrons. The van der Waals surface area contributed by atoms with E-state index in [4.69, 9.17) is 0 Å². The molecule has 8 nitrogen and oxygen atoms in total. The molecule has 1 unspecified atom stereocenters. The van der Waals surface area contributed by atoms with Gasteiger partial charge in [-0.15, -0.1) is 0 Å². The number of amides is 3. The summed E-state index contributed by atoms with van der Waals surface area (Å²) in [7, 11) is 0. The van der Waals surface area contributed by atoms with Crippen LogP contribution in [0, 0.1) is 13.8 Å². The van der Waals surface area contributed by atoms with Gasteiger partial charge in [0.2, 0.25) is 11.8 Å². The Hall–Kier alpha value is -2.64. The lowest BCUT2D eigenvalue weighted by atomic mass is 10.0. The number of aromatic amines is 1. The van der Waals surface area contributed by atoms with Crippen LogP contribution in [0.15, 0.2) is 0 Å². The molecule has 2 aliphatic heterocycles. The van der Waals surface area contributed by atoms with E-state index < -0.39 is 6.04 Å². The van der Waals surface area contributed by atoms with Crippen LogP contribution < -0.4 is 5.32 Å². The summed E-state index contributed by atoms with van der Waals surface area (Å²) in [4.78, 5) is 54.5. The van der Waals surface area contributed by atoms with E-state index in [0.717, 1.165) is 0 Å². The molecule has 0 saturated carbocycles. The van der Waals surface area contributed by atoms with Crippen molar-refractivity contribution in [3.63, 3.8) is 0 Å². The molecule has 2 aliphatic rings. The molecule has 3 heterocycles. The zero-order valence-corrected chi connectivity index (χ0v) is 13.9. The monoisotopic (exact) mass is 332 g/mol. The van der Waals surface area contributed by atoms with E-state index in [0.29, 0.717) is 35.6 Å². The van der Waals surface area contributed by atoms with E-state index in [1.54, 1.807) is 18.7 Å². The van der Waals surface area contributed by atoms with E-state index in [-0.39, 0.29) is 36.6 Å². The Morgan fingerprint density at radius 1 is 1.17 bits per heavy atom. The number of hydrogen-bond donors (Lipinski definition) is 2. The number of ketones is 1. The molecule has 1 atom stereocenters. The Morgan fingerprint density at radius 3 is 2.50 bits per heavy atom. The number of rotatable bonds is 2. The van der Waals surface area contributed by atoms with Gasteiger partial charge in [-0.05, 0) is 19.4 Å². The third kappa shape index (κ3) is 2.47. The minimum absolute atomic E-state index is 0.0152. The predicted octanol–water partition coefficient (Wildman–Crippen LogP) is -0.383.